The lowest BCUT2D eigenvalue weighted by Crippen LogP contribution is -2.73. The van der Waals surface area contributed by atoms with Gasteiger partial charge in [-0.25, -0.2) is 4.99 Å². The predicted molar refractivity (Wildman–Crippen MR) is 27.7 cm³/mol. The maximum atomic E-state index is 8.25. The van der Waals surface area contributed by atoms with E-state index in [0.717, 1.165) is 0 Å². The summed E-state index contributed by atoms with van der Waals surface area (Å²) in [5.41, 5.74) is 1.91. The lowest BCUT2D eigenvalue weighted by Gasteiger charge is -1.77. The molecule has 1 saturated heterocycles. The van der Waals surface area contributed by atoms with Crippen LogP contribution in [0.4, 0.5) is 0 Å². The number of aliphatic hydroxyl groups excluding tert-OH is 1. The third kappa shape index (κ3) is 1.72. The molecule has 2 unspecified atom stereocenters. The molecule has 52 valence electrons. The van der Waals surface area contributed by atoms with E-state index in [-0.39, 0.29) is 19.1 Å². The number of hydrogen-bond donors (Lipinski definition) is 4. The van der Waals surface area contributed by atoms with Gasteiger partial charge in [0.1, 0.15) is 6.61 Å². The summed E-state index contributed by atoms with van der Waals surface area (Å²) in [6.07, 6.45) is 0.928. The maximum Gasteiger partial charge on any atom is 0.300 e. The first kappa shape index (κ1) is 6.63. The van der Waals surface area contributed by atoms with Crippen molar-refractivity contribution in [3.8, 4) is 0 Å². The molecule has 0 aromatic rings. The van der Waals surface area contributed by atoms with Crippen molar-refractivity contribution in [3.05, 3.63) is 0 Å². The molecule has 0 aliphatic carbocycles. The molecule has 5 nitrogen and oxygen atoms in total. The van der Waals surface area contributed by atoms with E-state index in [1.54, 1.807) is 0 Å². The van der Waals surface area contributed by atoms with Crippen LogP contribution in [0.15, 0.2) is 0 Å². The molecule has 2 atom stereocenters. The Morgan fingerprint density at radius 1 is 1.78 bits per heavy atom. The van der Waals surface area contributed by atoms with E-state index >= 15 is 0 Å². The molecule has 1 heterocycles. The Balaban J connectivity index is 2.11. The zero-order valence-corrected chi connectivity index (χ0v) is 4.74. The molecule has 1 fully saturated rings. The van der Waals surface area contributed by atoms with Gasteiger partial charge in [-0.15, -0.1) is 0 Å². The van der Waals surface area contributed by atoms with E-state index in [4.69, 9.17) is 15.1 Å². The molecule has 1 aliphatic rings. The van der Waals surface area contributed by atoms with Crippen LogP contribution in [0, 0.1) is 0 Å². The fourth-order valence-corrected chi connectivity index (χ4v) is 0.506. The summed E-state index contributed by atoms with van der Waals surface area (Å²) in [6, 6.07) is 0. The molecule has 0 aromatic heterocycles. The van der Waals surface area contributed by atoms with Crippen molar-refractivity contribution in [1.82, 2.24) is 5.48 Å². The van der Waals surface area contributed by atoms with Gasteiger partial charge in [0.05, 0.1) is 0 Å². The van der Waals surface area contributed by atoms with Crippen molar-refractivity contribution in [2.24, 2.45) is 0 Å². The second kappa shape index (κ2) is 2.88. The summed E-state index contributed by atoms with van der Waals surface area (Å²) in [7, 11) is 0. The molecule has 0 spiro atoms. The Kier molecular flexibility index (Phi) is 2.12. The molecule has 9 heavy (non-hydrogen) atoms. The number of nitrogens with one attached hydrogen (secondary N) is 2. The van der Waals surface area contributed by atoms with Gasteiger partial charge in [0.15, 0.2) is 6.21 Å². The molecule has 0 saturated carbocycles. The molecule has 1 aliphatic heterocycles. The second-order valence-corrected chi connectivity index (χ2v) is 1.66. The lowest BCUT2D eigenvalue weighted by atomic mass is 10.6. The third-order valence-electron chi connectivity index (χ3n) is 0.992. The Morgan fingerprint density at radius 3 is 3.00 bits per heavy atom. The Morgan fingerprint density at radius 2 is 2.56 bits per heavy atom. The van der Waals surface area contributed by atoms with Crippen molar-refractivity contribution in [1.29, 1.82) is 0 Å². The van der Waals surface area contributed by atoms with E-state index < -0.39 is 0 Å². The molecule has 0 aromatic carbocycles. The van der Waals surface area contributed by atoms with Gasteiger partial charge in [-0.3, -0.25) is 4.74 Å². The molecule has 1 rings (SSSR count). The van der Waals surface area contributed by atoms with E-state index in [2.05, 4.69) is 4.99 Å². The Labute approximate surface area is 51.9 Å². The van der Waals surface area contributed by atoms with Crippen molar-refractivity contribution in [2.75, 3.05) is 6.61 Å². The smallest absolute Gasteiger partial charge is 0.300 e. The summed E-state index contributed by atoms with van der Waals surface area (Å²) in [6.45, 7) is -0.0436. The highest BCUT2D eigenvalue weighted by Crippen LogP contribution is 2.08. The molecular weight excluding hydrogens is 124 g/mol. The van der Waals surface area contributed by atoms with Gasteiger partial charge in [0, 0.05) is 0 Å². The largest absolute Gasteiger partial charge is 0.386 e. The number of hydroxylamine groups is 1. The fraction of sp³-hybridized carbons (Fsp3) is 0.750. The van der Waals surface area contributed by atoms with Gasteiger partial charge in [0.25, 0.3) is 6.23 Å². The number of hydrogen-bond acceptors (Lipinski definition) is 4. The summed E-state index contributed by atoms with van der Waals surface area (Å²) in [5.74, 6) is 0. The van der Waals surface area contributed by atoms with Crippen LogP contribution in [0.25, 0.3) is 0 Å². The lowest BCUT2D eigenvalue weighted by molar-refractivity contribution is -0.493. The van der Waals surface area contributed by atoms with Crippen molar-refractivity contribution in [3.63, 3.8) is 0 Å². The standard InChI is InChI=1S/C4H8N2O3/c7-2-1-5-3-4(6-8)9-3/h1,3-4,6-8H,2H2/p+1/b5-1+. The van der Waals surface area contributed by atoms with E-state index in [1.807, 2.05) is 5.48 Å². The van der Waals surface area contributed by atoms with Crippen molar-refractivity contribution < 1.29 is 20.0 Å². The van der Waals surface area contributed by atoms with Gasteiger partial charge < -0.3 is 10.3 Å². The van der Waals surface area contributed by atoms with Crippen LogP contribution in [-0.2, 0) is 4.74 Å². The second-order valence-electron chi connectivity index (χ2n) is 1.66. The molecule has 0 amide bonds. The summed E-state index contributed by atoms with van der Waals surface area (Å²) in [5, 5.41) is 16.4. The minimum Gasteiger partial charge on any atom is -0.386 e. The molecule has 0 bridgehead atoms. The minimum absolute atomic E-state index is 0.0436. The van der Waals surface area contributed by atoms with Crippen LogP contribution in [0.1, 0.15) is 0 Å². The van der Waals surface area contributed by atoms with Crippen LogP contribution in [0.5, 0.6) is 0 Å². The highest BCUT2D eigenvalue weighted by molar-refractivity contribution is 5.50. The SMILES string of the molecule is OC/C=[NH+]/C1OC1NO. The zero-order valence-electron chi connectivity index (χ0n) is 4.74. The quantitative estimate of drug-likeness (QED) is 0.186. The van der Waals surface area contributed by atoms with Gasteiger partial charge >= 0.3 is 0 Å². The number of rotatable bonds is 3. The van der Waals surface area contributed by atoms with Crippen LogP contribution in [0.2, 0.25) is 0 Å². The van der Waals surface area contributed by atoms with Gasteiger partial charge in [-0.05, 0) is 0 Å². The Bertz CT molecular complexity index is 116. The van der Waals surface area contributed by atoms with Crippen molar-refractivity contribution >= 4 is 6.21 Å². The summed E-state index contributed by atoms with van der Waals surface area (Å²) < 4.78 is 4.75. The van der Waals surface area contributed by atoms with Gasteiger partial charge in [-0.1, -0.05) is 0 Å². The average molecular weight is 133 g/mol. The fourth-order valence-electron chi connectivity index (χ4n) is 0.506. The number of aliphatic hydroxyl groups is 1. The number of epoxide rings is 1. The normalized spacial score (nSPS) is 33.6. The molecular formula is C4H9N2O3+. The van der Waals surface area contributed by atoms with Crippen LogP contribution in [-0.4, -0.2) is 35.6 Å². The summed E-state index contributed by atoms with van der Waals surface area (Å²) >= 11 is 0. The molecule has 5 heteroatoms. The van der Waals surface area contributed by atoms with E-state index in [9.17, 15) is 0 Å². The predicted octanol–water partition coefficient (Wildman–Crippen LogP) is -3.21. The topological polar surface area (TPSA) is 79.0 Å². The highest BCUT2D eigenvalue weighted by Gasteiger charge is 2.44. The van der Waals surface area contributed by atoms with E-state index in [1.165, 1.54) is 6.21 Å². The van der Waals surface area contributed by atoms with Gasteiger partial charge in [-0.2, -0.15) is 5.48 Å². The number of ether oxygens (including phenoxy) is 1. The molecule has 4 N–H and O–H groups in total. The monoisotopic (exact) mass is 133 g/mol. The van der Waals surface area contributed by atoms with Crippen LogP contribution < -0.4 is 10.5 Å². The van der Waals surface area contributed by atoms with Crippen molar-refractivity contribution in [2.45, 2.75) is 12.5 Å². The zero-order chi connectivity index (χ0) is 6.69. The van der Waals surface area contributed by atoms with Gasteiger partial charge in [0.2, 0.25) is 6.23 Å². The highest BCUT2D eigenvalue weighted by atomic mass is 16.7. The van der Waals surface area contributed by atoms with Crippen LogP contribution in [0.3, 0.4) is 0 Å². The molecule has 0 radical (unpaired) electrons. The first-order valence-electron chi connectivity index (χ1n) is 2.62. The first-order valence-corrected chi connectivity index (χ1v) is 2.62. The maximum absolute atomic E-state index is 8.25. The first-order chi connectivity index (χ1) is 4.38. The van der Waals surface area contributed by atoms with E-state index in [0.29, 0.717) is 0 Å². The summed E-state index contributed by atoms with van der Waals surface area (Å²) in [4.78, 5) is 2.69. The minimum atomic E-state index is -0.326. The Hall–Kier alpha value is -0.490. The van der Waals surface area contributed by atoms with Crippen LogP contribution >= 0.6 is 0 Å². The third-order valence-corrected chi connectivity index (χ3v) is 0.992. The average Bonchev–Trinajstić information content (AvgIpc) is 2.62.